The zero-order chi connectivity index (χ0) is 23.4. The summed E-state index contributed by atoms with van der Waals surface area (Å²) in [6.45, 7) is 10.1. The highest BCUT2D eigenvalue weighted by atomic mass is 79.9. The van der Waals surface area contributed by atoms with E-state index in [0.29, 0.717) is 6.42 Å². The van der Waals surface area contributed by atoms with E-state index in [1.54, 1.807) is 0 Å². The van der Waals surface area contributed by atoms with Gasteiger partial charge in [-0.2, -0.15) is 5.10 Å². The van der Waals surface area contributed by atoms with Crippen LogP contribution < -0.4 is 10.2 Å². The number of anilines is 1. The second-order valence-electron chi connectivity index (χ2n) is 10.7. The molecule has 33 heavy (non-hydrogen) atoms. The zero-order valence-corrected chi connectivity index (χ0v) is 21.3. The molecule has 1 amide bonds. The Balaban J connectivity index is 1.41. The lowest BCUT2D eigenvalue weighted by molar-refractivity contribution is -0.124. The highest BCUT2D eigenvalue weighted by Crippen LogP contribution is 2.52. The summed E-state index contributed by atoms with van der Waals surface area (Å²) in [6, 6.07) is 6.15. The molecule has 0 unspecified atom stereocenters. The Kier molecular flexibility index (Phi) is 5.46. The molecular formula is C25H31BrN6O. The fourth-order valence-corrected chi connectivity index (χ4v) is 5.83. The fraction of sp³-hybridized carbons (Fsp3) is 0.520. The maximum Gasteiger partial charge on any atom is 0.221 e. The number of aryl methyl sites for hydroxylation is 1. The molecule has 0 saturated carbocycles. The molecule has 1 N–H and O–H groups in total. The maximum absolute atomic E-state index is 13.0. The summed E-state index contributed by atoms with van der Waals surface area (Å²) in [5.74, 6) is 1.10. The number of hydrogen-bond acceptors (Lipinski definition) is 5. The molecule has 1 saturated heterocycles. The quantitative estimate of drug-likeness (QED) is 0.555. The van der Waals surface area contributed by atoms with Gasteiger partial charge in [0.2, 0.25) is 5.91 Å². The van der Waals surface area contributed by atoms with E-state index < -0.39 is 0 Å². The van der Waals surface area contributed by atoms with Gasteiger partial charge in [-0.1, -0.05) is 26.8 Å². The topological polar surface area (TPSA) is 75.4 Å². The maximum atomic E-state index is 13.0. The molecule has 0 bridgehead atoms. The van der Waals surface area contributed by atoms with Crippen molar-refractivity contribution >= 4 is 33.2 Å². The number of carbonyl (C=O) groups excluding carboxylic acids is 1. The van der Waals surface area contributed by atoms with Crippen LogP contribution in [-0.2, 0) is 11.2 Å². The third-order valence-electron chi connectivity index (χ3n) is 7.05. The zero-order valence-electron chi connectivity index (χ0n) is 19.7. The standard InChI is InChI=1S/C25H31BrN6O/c1-16-22(26)32-19(7-11-28-32)23(29-16)31-12-8-25(9-13-31)14-18-17(6-5-10-27-18)21(25)30-20(33)15-24(2,3)4/h5-7,10-11,21H,8-9,12-15H2,1-4H3,(H,30,33)/t21-/m1/s1. The first-order valence-corrected chi connectivity index (χ1v) is 12.4. The van der Waals surface area contributed by atoms with Gasteiger partial charge in [0.25, 0.3) is 0 Å². The van der Waals surface area contributed by atoms with E-state index >= 15 is 0 Å². The molecule has 2 aliphatic rings. The molecule has 3 aromatic rings. The van der Waals surface area contributed by atoms with E-state index in [4.69, 9.17) is 4.98 Å². The Bertz CT molecular complexity index is 1210. The smallest absolute Gasteiger partial charge is 0.221 e. The van der Waals surface area contributed by atoms with Gasteiger partial charge in [-0.25, -0.2) is 9.50 Å². The van der Waals surface area contributed by atoms with Crippen molar-refractivity contribution in [2.24, 2.45) is 10.8 Å². The predicted molar refractivity (Wildman–Crippen MR) is 132 cm³/mol. The highest BCUT2D eigenvalue weighted by molar-refractivity contribution is 9.10. The van der Waals surface area contributed by atoms with Crippen molar-refractivity contribution in [1.82, 2.24) is 24.9 Å². The fourth-order valence-electron chi connectivity index (χ4n) is 5.46. The van der Waals surface area contributed by atoms with Crippen LogP contribution in [0.3, 0.4) is 0 Å². The van der Waals surface area contributed by atoms with Gasteiger partial charge < -0.3 is 10.2 Å². The van der Waals surface area contributed by atoms with Crippen LogP contribution in [0.25, 0.3) is 5.52 Å². The molecular weight excluding hydrogens is 480 g/mol. The van der Waals surface area contributed by atoms with Gasteiger partial charge >= 0.3 is 0 Å². The molecule has 7 nitrogen and oxygen atoms in total. The Morgan fingerprint density at radius 3 is 2.73 bits per heavy atom. The van der Waals surface area contributed by atoms with Crippen molar-refractivity contribution in [1.29, 1.82) is 0 Å². The summed E-state index contributed by atoms with van der Waals surface area (Å²) >= 11 is 3.61. The molecule has 1 spiro atoms. The predicted octanol–water partition coefficient (Wildman–Crippen LogP) is 4.63. The lowest BCUT2D eigenvalue weighted by atomic mass is 9.72. The Morgan fingerprint density at radius 2 is 2.00 bits per heavy atom. The minimum atomic E-state index is -0.0429. The third-order valence-corrected chi connectivity index (χ3v) is 7.96. The van der Waals surface area contributed by atoms with Gasteiger partial charge in [-0.15, -0.1) is 0 Å². The first-order chi connectivity index (χ1) is 15.7. The van der Waals surface area contributed by atoms with Gasteiger partial charge in [-0.05, 0) is 65.2 Å². The molecule has 0 radical (unpaired) electrons. The summed E-state index contributed by atoms with van der Waals surface area (Å²) in [4.78, 5) is 24.9. The largest absolute Gasteiger partial charge is 0.355 e. The van der Waals surface area contributed by atoms with Crippen LogP contribution in [0.1, 0.15) is 63.0 Å². The number of piperidine rings is 1. The van der Waals surface area contributed by atoms with Gasteiger partial charge in [0.1, 0.15) is 10.1 Å². The number of carbonyl (C=O) groups is 1. The number of pyridine rings is 1. The number of halogens is 1. The number of rotatable bonds is 3. The first-order valence-electron chi connectivity index (χ1n) is 11.6. The van der Waals surface area contributed by atoms with E-state index in [-0.39, 0.29) is 22.8 Å². The summed E-state index contributed by atoms with van der Waals surface area (Å²) in [6.07, 6.45) is 7.05. The summed E-state index contributed by atoms with van der Waals surface area (Å²) in [5, 5.41) is 7.87. The van der Waals surface area contributed by atoms with Crippen molar-refractivity contribution in [2.45, 2.75) is 59.4 Å². The summed E-state index contributed by atoms with van der Waals surface area (Å²) in [7, 11) is 0. The Morgan fingerprint density at radius 1 is 1.24 bits per heavy atom. The van der Waals surface area contributed by atoms with Crippen molar-refractivity contribution < 1.29 is 4.79 Å². The normalized spacial score (nSPS) is 19.8. The number of amides is 1. The number of nitrogens with zero attached hydrogens (tertiary/aromatic N) is 5. The van der Waals surface area contributed by atoms with Gasteiger partial charge in [0, 0.05) is 36.8 Å². The van der Waals surface area contributed by atoms with Crippen molar-refractivity contribution in [3.8, 4) is 0 Å². The van der Waals surface area contributed by atoms with Gasteiger partial charge in [0.05, 0.1) is 17.9 Å². The highest BCUT2D eigenvalue weighted by Gasteiger charge is 2.49. The van der Waals surface area contributed by atoms with Crippen LogP contribution >= 0.6 is 15.9 Å². The van der Waals surface area contributed by atoms with E-state index in [0.717, 1.165) is 59.7 Å². The first kappa shape index (κ1) is 22.3. The van der Waals surface area contributed by atoms with Crippen molar-refractivity contribution in [2.75, 3.05) is 18.0 Å². The van der Waals surface area contributed by atoms with Gasteiger partial charge in [0.15, 0.2) is 5.82 Å². The monoisotopic (exact) mass is 510 g/mol. The molecule has 3 aromatic heterocycles. The minimum absolute atomic E-state index is 0.00722. The lowest BCUT2D eigenvalue weighted by Crippen LogP contribution is -2.47. The molecule has 0 aromatic carbocycles. The molecule has 174 valence electrons. The van der Waals surface area contributed by atoms with Crippen LogP contribution in [0.4, 0.5) is 5.82 Å². The Labute approximate surface area is 203 Å². The van der Waals surface area contributed by atoms with Crippen molar-refractivity contribution in [3.05, 3.63) is 52.1 Å². The number of hydrogen-bond donors (Lipinski definition) is 1. The molecule has 8 heteroatoms. The van der Waals surface area contributed by atoms with E-state index in [9.17, 15) is 4.79 Å². The SMILES string of the molecule is Cc1nc(N2CCC3(CC2)Cc2ncccc2[C@H]3NC(=O)CC(C)(C)C)c2ccnn2c1Br. The number of nitrogens with one attached hydrogen (secondary N) is 1. The third kappa shape index (κ3) is 4.03. The molecule has 1 aliphatic heterocycles. The van der Waals surface area contributed by atoms with Gasteiger partial charge in [-0.3, -0.25) is 9.78 Å². The van der Waals surface area contributed by atoms with E-state index in [1.807, 2.05) is 36.0 Å². The molecule has 1 atom stereocenters. The number of fused-ring (bicyclic) bond motifs is 2. The van der Waals surface area contributed by atoms with Crippen LogP contribution in [0.2, 0.25) is 0 Å². The van der Waals surface area contributed by atoms with Crippen LogP contribution in [0.5, 0.6) is 0 Å². The Hall–Kier alpha value is -2.48. The second-order valence-corrected chi connectivity index (χ2v) is 11.5. The van der Waals surface area contributed by atoms with E-state index in [1.165, 1.54) is 5.56 Å². The molecule has 1 fully saturated rings. The summed E-state index contributed by atoms with van der Waals surface area (Å²) in [5.41, 5.74) is 4.19. The molecule has 4 heterocycles. The summed E-state index contributed by atoms with van der Waals surface area (Å²) < 4.78 is 2.80. The lowest BCUT2D eigenvalue weighted by Gasteiger charge is -2.44. The molecule has 1 aliphatic carbocycles. The van der Waals surface area contributed by atoms with Crippen LogP contribution in [0, 0.1) is 17.8 Å². The van der Waals surface area contributed by atoms with Crippen molar-refractivity contribution in [3.63, 3.8) is 0 Å². The van der Waals surface area contributed by atoms with Crippen LogP contribution in [0.15, 0.2) is 35.2 Å². The minimum Gasteiger partial charge on any atom is -0.355 e. The van der Waals surface area contributed by atoms with E-state index in [2.05, 4.69) is 63.1 Å². The average Bonchev–Trinajstić information content (AvgIpc) is 3.35. The average molecular weight is 511 g/mol. The van der Waals surface area contributed by atoms with Crippen LogP contribution in [-0.4, -0.2) is 38.6 Å². The second kappa shape index (κ2) is 8.08. The number of aromatic nitrogens is 4. The molecule has 5 rings (SSSR count).